The van der Waals surface area contributed by atoms with Gasteiger partial charge in [-0.2, -0.15) is 13.2 Å². The van der Waals surface area contributed by atoms with Gasteiger partial charge in [0.1, 0.15) is 5.82 Å². The summed E-state index contributed by atoms with van der Waals surface area (Å²) in [5.41, 5.74) is -0.284. The molecular weight excluding hydrogens is 457 g/mol. The number of benzene rings is 1. The summed E-state index contributed by atoms with van der Waals surface area (Å²) in [6.45, 7) is 2.17. The van der Waals surface area contributed by atoms with E-state index in [2.05, 4.69) is 20.6 Å². The smallest absolute Gasteiger partial charge is 0.350 e. The van der Waals surface area contributed by atoms with Gasteiger partial charge < -0.3 is 10.6 Å². The van der Waals surface area contributed by atoms with E-state index >= 15 is 0 Å². The lowest BCUT2D eigenvalue weighted by atomic mass is 9.79. The van der Waals surface area contributed by atoms with Gasteiger partial charge in [0, 0.05) is 29.3 Å². The Morgan fingerprint density at radius 2 is 1.94 bits per heavy atom. The molecular formula is C23H24ClF3N4O2. The Balaban J connectivity index is 1.50. The van der Waals surface area contributed by atoms with E-state index in [0.717, 1.165) is 25.0 Å². The molecule has 1 saturated carbocycles. The number of carbonyl (C=O) groups excluding carboxylic acids is 2. The molecule has 0 aromatic heterocycles. The molecule has 4 atom stereocenters. The molecule has 0 spiro atoms. The summed E-state index contributed by atoms with van der Waals surface area (Å²) in [6, 6.07) is 2.86. The van der Waals surface area contributed by atoms with Gasteiger partial charge in [-0.3, -0.25) is 14.6 Å². The van der Waals surface area contributed by atoms with E-state index in [1.54, 1.807) is 18.5 Å². The maximum Gasteiger partial charge on any atom is 0.416 e. The number of hydrogen-bond acceptors (Lipinski definition) is 4. The van der Waals surface area contributed by atoms with Crippen LogP contribution in [0.25, 0.3) is 0 Å². The van der Waals surface area contributed by atoms with Crippen LogP contribution < -0.4 is 10.6 Å². The van der Waals surface area contributed by atoms with E-state index in [9.17, 15) is 22.8 Å². The quantitative estimate of drug-likeness (QED) is 0.665. The number of nitrogens with zero attached hydrogens (tertiary/aromatic N) is 2. The van der Waals surface area contributed by atoms with Crippen LogP contribution in [0.3, 0.4) is 0 Å². The van der Waals surface area contributed by atoms with Crippen LogP contribution >= 0.6 is 11.6 Å². The van der Waals surface area contributed by atoms with Crippen LogP contribution in [0.15, 0.2) is 40.1 Å². The van der Waals surface area contributed by atoms with Crippen molar-refractivity contribution in [2.45, 2.75) is 44.3 Å². The Kier molecular flexibility index (Phi) is 6.61. The molecule has 0 bridgehead atoms. The molecule has 3 aliphatic rings. The molecule has 0 radical (unpaired) electrons. The number of amides is 2. The minimum Gasteiger partial charge on any atom is -0.350 e. The van der Waals surface area contributed by atoms with Crippen molar-refractivity contribution < 1.29 is 22.8 Å². The molecule has 10 heteroatoms. The first-order valence-electron chi connectivity index (χ1n) is 10.9. The first-order chi connectivity index (χ1) is 15.6. The summed E-state index contributed by atoms with van der Waals surface area (Å²) in [5.74, 6) is -0.982. The van der Waals surface area contributed by atoms with Crippen LogP contribution in [0.1, 0.15) is 43.2 Å². The molecule has 1 fully saturated rings. The topological polar surface area (TPSA) is 82.9 Å². The number of nitrogens with one attached hydrogen (secondary N) is 2. The van der Waals surface area contributed by atoms with Gasteiger partial charge in [-0.25, -0.2) is 4.99 Å². The Hall–Kier alpha value is -2.68. The van der Waals surface area contributed by atoms with E-state index in [4.69, 9.17) is 11.6 Å². The first kappa shape index (κ1) is 23.5. The zero-order valence-corrected chi connectivity index (χ0v) is 18.7. The average molecular weight is 481 g/mol. The fraction of sp³-hybridized carbons (Fsp3) is 0.478. The maximum absolute atomic E-state index is 13.1. The largest absolute Gasteiger partial charge is 0.416 e. The van der Waals surface area contributed by atoms with Crippen molar-refractivity contribution in [2.24, 2.45) is 27.7 Å². The third kappa shape index (κ3) is 5.46. The number of aliphatic imine (C=N–C) groups is 2. The third-order valence-electron chi connectivity index (χ3n) is 6.14. The van der Waals surface area contributed by atoms with Crippen LogP contribution in [0.2, 0.25) is 5.02 Å². The van der Waals surface area contributed by atoms with Gasteiger partial charge in [-0.1, -0.05) is 24.6 Å². The van der Waals surface area contributed by atoms with Crippen LogP contribution in [0, 0.1) is 17.8 Å². The molecule has 2 N–H and O–H groups in total. The standard InChI is InChI=1S/C23H24ClF3N4O2/c1-12-10-28-11-18(20(12)16-5-4-15(9-17(16)24)23(25,26)27)30-22(33)14-6-7-29-19(8-14)31-21(32)13-2-3-13/h4-5,7-10,12-14,18,20H,2-3,6,11H2,1H3,(H,30,33)(H,31,32). The van der Waals surface area contributed by atoms with Gasteiger partial charge in [-0.15, -0.1) is 0 Å². The van der Waals surface area contributed by atoms with Crippen LogP contribution in [0.5, 0.6) is 0 Å². The minimum atomic E-state index is -4.49. The van der Waals surface area contributed by atoms with Crippen molar-refractivity contribution in [1.82, 2.24) is 10.6 Å². The van der Waals surface area contributed by atoms with Gasteiger partial charge in [0.05, 0.1) is 24.1 Å². The number of halogens is 4. The zero-order valence-electron chi connectivity index (χ0n) is 17.9. The predicted octanol–water partition coefficient (Wildman–Crippen LogP) is 4.11. The highest BCUT2D eigenvalue weighted by Gasteiger charge is 2.36. The van der Waals surface area contributed by atoms with E-state index < -0.39 is 23.7 Å². The Morgan fingerprint density at radius 1 is 1.18 bits per heavy atom. The highest BCUT2D eigenvalue weighted by atomic mass is 35.5. The van der Waals surface area contributed by atoms with Gasteiger partial charge in [0.15, 0.2) is 0 Å². The second kappa shape index (κ2) is 9.29. The Labute approximate surface area is 194 Å². The fourth-order valence-corrected chi connectivity index (χ4v) is 4.52. The molecule has 33 heavy (non-hydrogen) atoms. The summed E-state index contributed by atoms with van der Waals surface area (Å²) in [5, 5.41) is 5.75. The maximum atomic E-state index is 13.1. The molecule has 1 aliphatic carbocycles. The molecule has 2 aliphatic heterocycles. The molecule has 4 unspecified atom stereocenters. The Bertz CT molecular complexity index is 1030. The highest BCUT2D eigenvalue weighted by Crippen LogP contribution is 2.38. The van der Waals surface area contributed by atoms with Crippen LogP contribution in [-0.4, -0.2) is 36.8 Å². The summed E-state index contributed by atoms with van der Waals surface area (Å²) in [6.07, 6.45) is 2.58. The lowest BCUT2D eigenvalue weighted by Gasteiger charge is -2.35. The van der Waals surface area contributed by atoms with Gasteiger partial charge in [-0.05, 0) is 49.0 Å². The van der Waals surface area contributed by atoms with Gasteiger partial charge in [0.25, 0.3) is 0 Å². The lowest BCUT2D eigenvalue weighted by molar-refractivity contribution is -0.137. The number of alkyl halides is 3. The molecule has 4 rings (SSSR count). The van der Waals surface area contributed by atoms with Gasteiger partial charge in [0.2, 0.25) is 11.8 Å². The summed E-state index contributed by atoms with van der Waals surface area (Å²) >= 11 is 6.26. The van der Waals surface area contributed by atoms with Crippen molar-refractivity contribution in [2.75, 3.05) is 6.54 Å². The van der Waals surface area contributed by atoms with Crippen LogP contribution in [-0.2, 0) is 15.8 Å². The molecule has 1 aromatic rings. The predicted molar refractivity (Wildman–Crippen MR) is 119 cm³/mol. The zero-order chi connectivity index (χ0) is 23.8. The van der Waals surface area contributed by atoms with Crippen LogP contribution in [0.4, 0.5) is 13.2 Å². The number of hydrogen-bond donors (Lipinski definition) is 2. The Morgan fingerprint density at radius 3 is 2.61 bits per heavy atom. The molecule has 2 amide bonds. The number of carbonyl (C=O) groups is 2. The van der Waals surface area contributed by atoms with E-state index in [1.165, 1.54) is 6.07 Å². The molecule has 6 nitrogen and oxygen atoms in total. The molecule has 2 heterocycles. The number of rotatable bonds is 5. The van der Waals surface area contributed by atoms with Crippen molar-refractivity contribution >= 4 is 35.8 Å². The monoisotopic (exact) mass is 480 g/mol. The lowest BCUT2D eigenvalue weighted by Crippen LogP contribution is -2.48. The van der Waals surface area contributed by atoms with Crippen molar-refractivity contribution in [3.63, 3.8) is 0 Å². The van der Waals surface area contributed by atoms with Crippen molar-refractivity contribution in [3.8, 4) is 0 Å². The van der Waals surface area contributed by atoms with Crippen molar-refractivity contribution in [3.05, 3.63) is 46.2 Å². The second-order valence-corrected chi connectivity index (χ2v) is 9.12. The summed E-state index contributed by atoms with van der Waals surface area (Å²) in [4.78, 5) is 33.5. The third-order valence-corrected chi connectivity index (χ3v) is 6.47. The first-order valence-corrected chi connectivity index (χ1v) is 11.2. The molecule has 0 saturated heterocycles. The van der Waals surface area contributed by atoms with E-state index in [-0.39, 0.29) is 41.1 Å². The van der Waals surface area contributed by atoms with Crippen molar-refractivity contribution in [1.29, 1.82) is 0 Å². The normalized spacial score (nSPS) is 27.1. The second-order valence-electron chi connectivity index (χ2n) is 8.72. The molecule has 176 valence electrons. The average Bonchev–Trinajstić information content (AvgIpc) is 3.59. The van der Waals surface area contributed by atoms with E-state index in [1.807, 2.05) is 6.92 Å². The SMILES string of the molecule is CC1C=NCC(NC(=O)C2C=C(NC(=O)C3CC3)N=CC2)C1c1ccc(C(F)(F)F)cc1Cl. The summed E-state index contributed by atoms with van der Waals surface area (Å²) < 4.78 is 39.2. The fourth-order valence-electron chi connectivity index (χ4n) is 4.21. The minimum absolute atomic E-state index is 0.00555. The highest BCUT2D eigenvalue weighted by molar-refractivity contribution is 6.31. The molecule has 1 aromatic carbocycles. The van der Waals surface area contributed by atoms with E-state index in [0.29, 0.717) is 17.8 Å². The summed E-state index contributed by atoms with van der Waals surface area (Å²) in [7, 11) is 0. The van der Waals surface area contributed by atoms with Gasteiger partial charge >= 0.3 is 6.18 Å².